The van der Waals surface area contributed by atoms with E-state index in [4.69, 9.17) is 4.74 Å². The first-order chi connectivity index (χ1) is 10.5. The van der Waals surface area contributed by atoms with Gasteiger partial charge in [0.25, 0.3) is 0 Å². The Morgan fingerprint density at radius 2 is 1.96 bits per heavy atom. The zero-order valence-corrected chi connectivity index (χ0v) is 16.5. The average molecular weight is 342 g/mol. The minimum atomic E-state index is -0.455. The highest BCUT2D eigenvalue weighted by atomic mass is 32.1. The number of carbonyl (C=O) groups excluding carboxylic acids is 1. The predicted molar refractivity (Wildman–Crippen MR) is 96.0 cm³/mol. The summed E-state index contributed by atoms with van der Waals surface area (Å²) >= 11 is 1.74. The molecule has 1 aromatic rings. The summed E-state index contributed by atoms with van der Waals surface area (Å²) in [6.45, 7) is 15.5. The molecule has 0 radical (unpaired) electrons. The van der Waals surface area contributed by atoms with E-state index in [9.17, 15) is 4.79 Å². The van der Waals surface area contributed by atoms with Gasteiger partial charge in [-0.2, -0.15) is 0 Å². The van der Waals surface area contributed by atoms with Gasteiger partial charge in [0.05, 0.1) is 10.7 Å². The zero-order valence-electron chi connectivity index (χ0n) is 15.7. The largest absolute Gasteiger partial charge is 0.444 e. The number of nitrogens with one attached hydrogen (secondary N) is 1. The van der Waals surface area contributed by atoms with Crippen LogP contribution in [0.4, 0.5) is 4.79 Å². The summed E-state index contributed by atoms with van der Waals surface area (Å²) in [5.41, 5.74) is 0.647. The van der Waals surface area contributed by atoms with E-state index in [1.165, 1.54) is 4.88 Å². The van der Waals surface area contributed by atoms with Crippen molar-refractivity contribution in [1.29, 1.82) is 0 Å². The van der Waals surface area contributed by atoms with Crippen LogP contribution in [0.25, 0.3) is 0 Å². The van der Waals surface area contributed by atoms with Crippen molar-refractivity contribution in [3.05, 3.63) is 15.6 Å². The Hall–Kier alpha value is -1.14. The number of thiazole rings is 1. The number of aryl methyl sites for hydroxylation is 2. The van der Waals surface area contributed by atoms with Crippen LogP contribution in [0, 0.1) is 19.8 Å². The standard InChI is InChI=1S/C17H31N3O2S/c1-11(10-20(8)16(21)22-17(5,6)7)9-18-12(2)15-13(3)19-14(4)23-15/h11-12,18H,9-10H2,1-8H3. The lowest BCUT2D eigenvalue weighted by atomic mass is 10.1. The molecule has 0 aliphatic heterocycles. The lowest BCUT2D eigenvalue weighted by Crippen LogP contribution is -2.38. The molecule has 0 aliphatic rings. The zero-order chi connectivity index (χ0) is 17.8. The SMILES string of the molecule is Cc1nc(C)c(C(C)NCC(C)CN(C)C(=O)OC(C)(C)C)s1. The Balaban J connectivity index is 2.43. The van der Waals surface area contributed by atoms with Gasteiger partial charge in [0, 0.05) is 24.5 Å². The van der Waals surface area contributed by atoms with Gasteiger partial charge < -0.3 is 15.0 Å². The Morgan fingerprint density at radius 3 is 2.43 bits per heavy atom. The first-order valence-corrected chi connectivity index (χ1v) is 8.92. The molecule has 132 valence electrons. The molecular weight excluding hydrogens is 310 g/mol. The maximum atomic E-state index is 12.0. The van der Waals surface area contributed by atoms with Crippen molar-refractivity contribution in [3.63, 3.8) is 0 Å². The smallest absolute Gasteiger partial charge is 0.410 e. The first-order valence-electron chi connectivity index (χ1n) is 8.11. The number of carbonyl (C=O) groups is 1. The molecule has 0 aliphatic carbocycles. The van der Waals surface area contributed by atoms with Crippen molar-refractivity contribution in [2.45, 2.75) is 60.1 Å². The fourth-order valence-corrected chi connectivity index (χ4v) is 3.32. The van der Waals surface area contributed by atoms with Crippen LogP contribution in [0.2, 0.25) is 0 Å². The number of hydrogen-bond donors (Lipinski definition) is 1. The van der Waals surface area contributed by atoms with E-state index >= 15 is 0 Å². The van der Waals surface area contributed by atoms with Crippen LogP contribution in [0.1, 0.15) is 56.2 Å². The monoisotopic (exact) mass is 341 g/mol. The second kappa shape index (κ2) is 8.11. The second-order valence-electron chi connectivity index (χ2n) is 7.28. The Labute approximate surface area is 144 Å². The highest BCUT2D eigenvalue weighted by Crippen LogP contribution is 2.24. The van der Waals surface area contributed by atoms with Crippen molar-refractivity contribution in [3.8, 4) is 0 Å². The summed E-state index contributed by atoms with van der Waals surface area (Å²) in [6, 6.07) is 0.274. The van der Waals surface area contributed by atoms with Gasteiger partial charge >= 0.3 is 6.09 Å². The third-order valence-electron chi connectivity index (χ3n) is 3.40. The van der Waals surface area contributed by atoms with Crippen LogP contribution in [0.15, 0.2) is 0 Å². The van der Waals surface area contributed by atoms with Crippen molar-refractivity contribution >= 4 is 17.4 Å². The van der Waals surface area contributed by atoms with Crippen molar-refractivity contribution in [1.82, 2.24) is 15.2 Å². The van der Waals surface area contributed by atoms with E-state index in [1.54, 1.807) is 23.3 Å². The third kappa shape index (κ3) is 6.87. The highest BCUT2D eigenvalue weighted by molar-refractivity contribution is 7.11. The topological polar surface area (TPSA) is 54.5 Å². The van der Waals surface area contributed by atoms with Crippen LogP contribution in [-0.2, 0) is 4.74 Å². The Bertz CT molecular complexity index is 522. The van der Waals surface area contributed by atoms with Crippen molar-refractivity contribution < 1.29 is 9.53 Å². The molecule has 1 rings (SSSR count). The molecule has 1 heterocycles. The molecule has 0 saturated carbocycles. The van der Waals surface area contributed by atoms with E-state index < -0.39 is 5.60 Å². The summed E-state index contributed by atoms with van der Waals surface area (Å²) < 4.78 is 5.37. The van der Waals surface area contributed by atoms with Crippen LogP contribution in [0.3, 0.4) is 0 Å². The van der Waals surface area contributed by atoms with Crippen LogP contribution >= 0.6 is 11.3 Å². The second-order valence-corrected chi connectivity index (χ2v) is 8.51. The van der Waals surface area contributed by atoms with Crippen LogP contribution < -0.4 is 5.32 Å². The van der Waals surface area contributed by atoms with E-state index in [0.717, 1.165) is 17.2 Å². The van der Waals surface area contributed by atoms with Crippen molar-refractivity contribution in [2.24, 2.45) is 5.92 Å². The molecule has 2 unspecified atom stereocenters. The number of hydrogen-bond acceptors (Lipinski definition) is 5. The van der Waals surface area contributed by atoms with Gasteiger partial charge in [-0.15, -0.1) is 11.3 Å². The normalized spacial score (nSPS) is 14.4. The minimum Gasteiger partial charge on any atom is -0.444 e. The number of aromatic nitrogens is 1. The van der Waals surface area contributed by atoms with Gasteiger partial charge in [-0.25, -0.2) is 9.78 Å². The molecule has 6 heteroatoms. The molecule has 23 heavy (non-hydrogen) atoms. The van der Waals surface area contributed by atoms with Gasteiger partial charge in [0.15, 0.2) is 0 Å². The van der Waals surface area contributed by atoms with E-state index in [2.05, 4.69) is 31.1 Å². The Kier molecular flexibility index (Phi) is 7.02. The Morgan fingerprint density at radius 1 is 1.35 bits per heavy atom. The van der Waals surface area contributed by atoms with Gasteiger partial charge in [0.2, 0.25) is 0 Å². The summed E-state index contributed by atoms with van der Waals surface area (Å²) in [4.78, 5) is 19.4. The number of amides is 1. The predicted octanol–water partition coefficient (Wildman–Crippen LogP) is 3.91. The van der Waals surface area contributed by atoms with Gasteiger partial charge in [-0.1, -0.05) is 6.92 Å². The molecule has 5 nitrogen and oxygen atoms in total. The lowest BCUT2D eigenvalue weighted by Gasteiger charge is -2.27. The fourth-order valence-electron chi connectivity index (χ4n) is 2.37. The molecule has 0 fully saturated rings. The summed E-state index contributed by atoms with van der Waals surface area (Å²) in [6.07, 6.45) is -0.272. The molecular formula is C17H31N3O2S. The number of rotatable bonds is 6. The molecule has 0 aromatic carbocycles. The molecule has 2 atom stereocenters. The van der Waals surface area contributed by atoms with E-state index in [-0.39, 0.29) is 12.1 Å². The first kappa shape index (κ1) is 19.9. The molecule has 1 aromatic heterocycles. The molecule has 0 saturated heterocycles. The average Bonchev–Trinajstić information content (AvgIpc) is 2.73. The minimum absolute atomic E-state index is 0.272. The summed E-state index contributed by atoms with van der Waals surface area (Å²) in [5, 5.41) is 4.64. The van der Waals surface area contributed by atoms with Crippen LogP contribution in [-0.4, -0.2) is 41.7 Å². The molecule has 1 N–H and O–H groups in total. The fraction of sp³-hybridized carbons (Fsp3) is 0.765. The quantitative estimate of drug-likeness (QED) is 0.852. The van der Waals surface area contributed by atoms with Gasteiger partial charge in [-0.05, 0) is 54.0 Å². The molecule has 0 spiro atoms. The van der Waals surface area contributed by atoms with E-state index in [0.29, 0.717) is 12.5 Å². The van der Waals surface area contributed by atoms with Crippen molar-refractivity contribution in [2.75, 3.05) is 20.1 Å². The maximum absolute atomic E-state index is 12.0. The van der Waals surface area contributed by atoms with Crippen LogP contribution in [0.5, 0.6) is 0 Å². The highest BCUT2D eigenvalue weighted by Gasteiger charge is 2.21. The number of ether oxygens (including phenoxy) is 1. The van der Waals surface area contributed by atoms with Gasteiger partial charge in [-0.3, -0.25) is 0 Å². The van der Waals surface area contributed by atoms with E-state index in [1.807, 2.05) is 27.7 Å². The third-order valence-corrected chi connectivity index (χ3v) is 4.65. The number of nitrogens with zero attached hydrogens (tertiary/aromatic N) is 2. The summed E-state index contributed by atoms with van der Waals surface area (Å²) in [7, 11) is 1.78. The molecule has 1 amide bonds. The van der Waals surface area contributed by atoms with Gasteiger partial charge in [0.1, 0.15) is 5.60 Å². The molecule has 0 bridgehead atoms. The lowest BCUT2D eigenvalue weighted by molar-refractivity contribution is 0.0276. The summed E-state index contributed by atoms with van der Waals surface area (Å²) in [5.74, 6) is 0.337. The maximum Gasteiger partial charge on any atom is 0.410 e.